The van der Waals surface area contributed by atoms with Crippen LogP contribution in [0.3, 0.4) is 0 Å². The van der Waals surface area contributed by atoms with Crippen LogP contribution in [0.2, 0.25) is 0 Å². The summed E-state index contributed by atoms with van der Waals surface area (Å²) in [5, 5.41) is 12.3. The molecule has 1 aromatic carbocycles. The highest BCUT2D eigenvalue weighted by Crippen LogP contribution is 2.34. The number of fused-ring (bicyclic) bond motifs is 1. The molecular formula is C21H26ClN3O2S. The first kappa shape index (κ1) is 20.9. The van der Waals surface area contributed by atoms with E-state index in [-0.39, 0.29) is 19.0 Å². The lowest BCUT2D eigenvalue weighted by atomic mass is 10.1. The normalized spacial score (nSPS) is 14.9. The number of thiophene rings is 1. The summed E-state index contributed by atoms with van der Waals surface area (Å²) in [5.41, 5.74) is 2.07. The van der Waals surface area contributed by atoms with Gasteiger partial charge in [-0.3, -0.25) is 0 Å². The van der Waals surface area contributed by atoms with Gasteiger partial charge in [0.15, 0.2) is 0 Å². The highest BCUT2D eigenvalue weighted by Gasteiger charge is 2.20. The van der Waals surface area contributed by atoms with Gasteiger partial charge >= 0.3 is 0 Å². The molecule has 0 aliphatic carbocycles. The third-order valence-corrected chi connectivity index (χ3v) is 5.97. The van der Waals surface area contributed by atoms with Crippen molar-refractivity contribution in [1.29, 1.82) is 0 Å². The van der Waals surface area contributed by atoms with Gasteiger partial charge in [0.25, 0.3) is 0 Å². The average molecular weight is 420 g/mol. The summed E-state index contributed by atoms with van der Waals surface area (Å²) in [5.74, 6) is 1.87. The van der Waals surface area contributed by atoms with Crippen LogP contribution in [0.4, 0.5) is 5.82 Å². The van der Waals surface area contributed by atoms with Crippen molar-refractivity contribution in [2.45, 2.75) is 6.92 Å². The topological polar surface area (TPSA) is 48.8 Å². The molecule has 1 aliphatic rings. The van der Waals surface area contributed by atoms with Crippen LogP contribution in [-0.2, 0) is 0 Å². The Morgan fingerprint density at radius 3 is 2.54 bits per heavy atom. The molecule has 0 bridgehead atoms. The Bertz CT molecular complexity index is 892. The van der Waals surface area contributed by atoms with Gasteiger partial charge in [0.2, 0.25) is 0 Å². The summed E-state index contributed by atoms with van der Waals surface area (Å²) in [4.78, 5) is 9.95. The Morgan fingerprint density at radius 1 is 1.11 bits per heavy atom. The van der Waals surface area contributed by atoms with Gasteiger partial charge in [-0.2, -0.15) is 0 Å². The van der Waals surface area contributed by atoms with Gasteiger partial charge in [0, 0.05) is 31.7 Å². The largest absolute Gasteiger partial charge is 0.491 e. The van der Waals surface area contributed by atoms with E-state index < -0.39 is 0 Å². The smallest absolute Gasteiger partial charge is 0.147 e. The lowest BCUT2D eigenvalue weighted by Gasteiger charge is -2.35. The van der Waals surface area contributed by atoms with E-state index in [1.807, 2.05) is 24.3 Å². The minimum atomic E-state index is 0. The SMILES string of the molecule is CCN1CCN(c2nc(-c3ccc(OCCO)cc3)cc3ccsc23)CC1.Cl. The van der Waals surface area contributed by atoms with Crippen molar-refractivity contribution >= 4 is 39.6 Å². The van der Waals surface area contributed by atoms with Crippen LogP contribution in [0, 0.1) is 0 Å². The number of likely N-dealkylation sites (N-methyl/N-ethyl adjacent to an activating group) is 1. The number of rotatable bonds is 6. The second-order valence-electron chi connectivity index (χ2n) is 6.69. The number of aromatic nitrogens is 1. The van der Waals surface area contributed by atoms with Crippen LogP contribution >= 0.6 is 23.7 Å². The number of hydrogen-bond acceptors (Lipinski definition) is 6. The second-order valence-corrected chi connectivity index (χ2v) is 7.60. The maximum absolute atomic E-state index is 8.89. The van der Waals surface area contributed by atoms with Crippen LogP contribution in [-0.4, -0.2) is 60.9 Å². The number of ether oxygens (including phenoxy) is 1. The molecule has 150 valence electrons. The third-order valence-electron chi connectivity index (χ3n) is 5.05. The first-order valence-electron chi connectivity index (χ1n) is 9.48. The summed E-state index contributed by atoms with van der Waals surface area (Å²) in [7, 11) is 0. The zero-order valence-corrected chi connectivity index (χ0v) is 17.6. The molecule has 7 heteroatoms. The van der Waals surface area contributed by atoms with Crippen molar-refractivity contribution in [2.24, 2.45) is 0 Å². The van der Waals surface area contributed by atoms with Crippen LogP contribution in [0.15, 0.2) is 41.8 Å². The molecule has 2 aromatic heterocycles. The van der Waals surface area contributed by atoms with Gasteiger partial charge in [-0.25, -0.2) is 4.98 Å². The molecule has 1 fully saturated rings. The standard InChI is InChI=1S/C21H25N3O2S.ClH/c1-2-23-8-10-24(11-9-23)21-20-17(7-14-27-20)15-19(22-21)16-3-5-18(6-4-16)26-13-12-25;/h3-7,14-15,25H,2,8-13H2,1H3;1H. The fourth-order valence-corrected chi connectivity index (χ4v) is 4.38. The third kappa shape index (κ3) is 4.41. The fourth-order valence-electron chi connectivity index (χ4n) is 3.48. The van der Waals surface area contributed by atoms with Gasteiger partial charge < -0.3 is 19.6 Å². The molecule has 0 atom stereocenters. The minimum Gasteiger partial charge on any atom is -0.491 e. The highest BCUT2D eigenvalue weighted by molar-refractivity contribution is 7.17. The molecule has 3 aromatic rings. The van der Waals surface area contributed by atoms with Gasteiger partial charge in [-0.15, -0.1) is 23.7 Å². The van der Waals surface area contributed by atoms with Gasteiger partial charge in [-0.1, -0.05) is 6.92 Å². The number of pyridine rings is 1. The molecule has 1 aliphatic heterocycles. The van der Waals surface area contributed by atoms with E-state index in [0.29, 0.717) is 6.61 Å². The Hall–Kier alpha value is -1.86. The van der Waals surface area contributed by atoms with Crippen molar-refractivity contribution in [1.82, 2.24) is 9.88 Å². The Balaban J connectivity index is 0.00000225. The highest BCUT2D eigenvalue weighted by atomic mass is 35.5. The van der Waals surface area contributed by atoms with Gasteiger partial charge in [-0.05, 0) is 53.7 Å². The van der Waals surface area contributed by atoms with E-state index in [4.69, 9.17) is 14.8 Å². The van der Waals surface area contributed by atoms with E-state index in [0.717, 1.165) is 55.5 Å². The van der Waals surface area contributed by atoms with Crippen molar-refractivity contribution in [3.8, 4) is 17.0 Å². The molecule has 0 radical (unpaired) electrons. The number of hydrogen-bond donors (Lipinski definition) is 1. The van der Waals surface area contributed by atoms with Gasteiger partial charge in [0.1, 0.15) is 18.2 Å². The zero-order valence-electron chi connectivity index (χ0n) is 16.0. The van der Waals surface area contributed by atoms with E-state index in [2.05, 4.69) is 34.2 Å². The fraction of sp³-hybridized carbons (Fsp3) is 0.381. The Morgan fingerprint density at radius 2 is 1.86 bits per heavy atom. The summed E-state index contributed by atoms with van der Waals surface area (Å²) in [6.45, 7) is 7.88. The minimum absolute atomic E-state index is 0. The number of benzene rings is 1. The first-order chi connectivity index (χ1) is 13.3. The molecule has 0 unspecified atom stereocenters. The van der Waals surface area contributed by atoms with Crippen molar-refractivity contribution in [2.75, 3.05) is 50.8 Å². The molecule has 28 heavy (non-hydrogen) atoms. The lowest BCUT2D eigenvalue weighted by Crippen LogP contribution is -2.46. The lowest BCUT2D eigenvalue weighted by molar-refractivity contribution is 0.201. The van der Waals surface area contributed by atoms with Crippen LogP contribution in [0.1, 0.15) is 6.92 Å². The van der Waals surface area contributed by atoms with Crippen molar-refractivity contribution < 1.29 is 9.84 Å². The van der Waals surface area contributed by atoms with E-state index in [1.165, 1.54) is 10.1 Å². The van der Waals surface area contributed by atoms with Crippen molar-refractivity contribution in [3.63, 3.8) is 0 Å². The molecule has 1 saturated heterocycles. The summed E-state index contributed by atoms with van der Waals surface area (Å²) in [6.07, 6.45) is 0. The molecule has 0 amide bonds. The van der Waals surface area contributed by atoms with E-state index in [1.54, 1.807) is 11.3 Å². The average Bonchev–Trinajstić information content (AvgIpc) is 3.21. The van der Waals surface area contributed by atoms with Gasteiger partial charge in [0.05, 0.1) is 17.0 Å². The van der Waals surface area contributed by atoms with Crippen LogP contribution in [0.25, 0.3) is 21.3 Å². The molecule has 0 saturated carbocycles. The van der Waals surface area contributed by atoms with Crippen LogP contribution in [0.5, 0.6) is 5.75 Å². The maximum Gasteiger partial charge on any atom is 0.147 e. The molecule has 1 N–H and O–H groups in total. The molecule has 4 rings (SSSR count). The monoisotopic (exact) mass is 419 g/mol. The Labute approximate surface area is 176 Å². The summed E-state index contributed by atoms with van der Waals surface area (Å²) >= 11 is 1.77. The molecule has 3 heterocycles. The number of anilines is 1. The number of aliphatic hydroxyl groups excluding tert-OH is 1. The zero-order chi connectivity index (χ0) is 18.6. The maximum atomic E-state index is 8.89. The molecular weight excluding hydrogens is 394 g/mol. The second kappa shape index (κ2) is 9.56. The molecule has 5 nitrogen and oxygen atoms in total. The van der Waals surface area contributed by atoms with Crippen LogP contribution < -0.4 is 9.64 Å². The quantitative estimate of drug-likeness (QED) is 0.656. The molecule has 0 spiro atoms. The number of halogens is 1. The first-order valence-corrected chi connectivity index (χ1v) is 10.4. The predicted octanol–water partition coefficient (Wildman–Crippen LogP) is 3.90. The number of nitrogens with zero attached hydrogens (tertiary/aromatic N) is 3. The van der Waals surface area contributed by atoms with E-state index in [9.17, 15) is 0 Å². The number of aliphatic hydroxyl groups is 1. The summed E-state index contributed by atoms with van der Waals surface area (Å²) in [6, 6.07) is 12.3. The number of piperazine rings is 1. The van der Waals surface area contributed by atoms with E-state index >= 15 is 0 Å². The predicted molar refractivity (Wildman–Crippen MR) is 119 cm³/mol. The Kier molecular flexibility index (Phi) is 7.13. The summed E-state index contributed by atoms with van der Waals surface area (Å²) < 4.78 is 6.73. The van der Waals surface area contributed by atoms with Crippen molar-refractivity contribution in [3.05, 3.63) is 41.8 Å².